The van der Waals surface area contributed by atoms with Crippen LogP contribution in [0.15, 0.2) is 42.9 Å². The van der Waals surface area contributed by atoms with Gasteiger partial charge in [0.1, 0.15) is 5.69 Å². The van der Waals surface area contributed by atoms with E-state index in [-0.39, 0.29) is 11.6 Å². The van der Waals surface area contributed by atoms with Crippen LogP contribution in [-0.4, -0.2) is 26.1 Å². The van der Waals surface area contributed by atoms with Gasteiger partial charge in [0.2, 0.25) is 0 Å². The highest BCUT2D eigenvalue weighted by Gasteiger charge is 2.09. The van der Waals surface area contributed by atoms with Crippen LogP contribution < -0.4 is 5.32 Å². The van der Waals surface area contributed by atoms with Crippen LogP contribution in [0.5, 0.6) is 0 Å². The van der Waals surface area contributed by atoms with E-state index in [0.29, 0.717) is 11.2 Å². The summed E-state index contributed by atoms with van der Waals surface area (Å²) in [6, 6.07) is 7.40. The zero-order chi connectivity index (χ0) is 12.4. The molecule has 0 aliphatic heterocycles. The Kier molecular flexibility index (Phi) is 2.45. The fraction of sp³-hybridized carbons (Fsp3) is 0. The molecule has 3 rings (SSSR count). The maximum Gasteiger partial charge on any atom is 0.275 e. The van der Waals surface area contributed by atoms with E-state index in [4.69, 9.17) is 0 Å². The minimum Gasteiger partial charge on any atom is -0.318 e. The first-order valence-electron chi connectivity index (χ1n) is 5.35. The summed E-state index contributed by atoms with van der Waals surface area (Å²) in [6.45, 7) is 0. The molecule has 0 saturated heterocycles. The van der Waals surface area contributed by atoms with E-state index in [9.17, 15) is 4.79 Å². The van der Waals surface area contributed by atoms with Gasteiger partial charge in [0.15, 0.2) is 0 Å². The summed E-state index contributed by atoms with van der Waals surface area (Å²) in [4.78, 5) is 20.3. The van der Waals surface area contributed by atoms with Crippen LogP contribution >= 0.6 is 0 Å². The summed E-state index contributed by atoms with van der Waals surface area (Å²) in [5.41, 5.74) is 2.32. The lowest BCUT2D eigenvalue weighted by molar-refractivity contribution is 0.102. The quantitative estimate of drug-likeness (QED) is 0.711. The van der Waals surface area contributed by atoms with Crippen LogP contribution in [-0.2, 0) is 0 Å². The molecule has 88 valence electrons. The summed E-state index contributed by atoms with van der Waals surface area (Å²) in [5, 5.41) is 9.03. The Morgan fingerprint density at radius 1 is 1.17 bits per heavy atom. The molecule has 1 amide bonds. The zero-order valence-electron chi connectivity index (χ0n) is 9.29. The SMILES string of the molecule is O=C(Nc1cn[nH]c1)c1cnc2ccccc2n1. The van der Waals surface area contributed by atoms with Crippen molar-refractivity contribution < 1.29 is 4.79 Å². The molecular formula is C12H9N5O. The fourth-order valence-electron chi connectivity index (χ4n) is 1.58. The molecule has 0 fully saturated rings. The van der Waals surface area contributed by atoms with Crippen molar-refractivity contribution in [3.63, 3.8) is 0 Å². The number of amides is 1. The van der Waals surface area contributed by atoms with Gasteiger partial charge in [-0.25, -0.2) is 4.98 Å². The lowest BCUT2D eigenvalue weighted by Crippen LogP contribution is -2.13. The summed E-state index contributed by atoms with van der Waals surface area (Å²) in [5.74, 6) is -0.311. The number of benzene rings is 1. The van der Waals surface area contributed by atoms with Crippen LogP contribution in [0.25, 0.3) is 11.0 Å². The predicted octanol–water partition coefficient (Wildman–Crippen LogP) is 1.61. The van der Waals surface area contributed by atoms with Crippen molar-refractivity contribution in [1.82, 2.24) is 20.2 Å². The molecule has 1 aromatic carbocycles. The number of H-pyrrole nitrogens is 1. The molecule has 0 aliphatic carbocycles. The van der Waals surface area contributed by atoms with Crippen LogP contribution in [0.4, 0.5) is 5.69 Å². The molecule has 0 radical (unpaired) electrons. The molecule has 2 heterocycles. The van der Waals surface area contributed by atoms with Crippen molar-refractivity contribution in [3.05, 3.63) is 48.5 Å². The minimum absolute atomic E-state index is 0.273. The van der Waals surface area contributed by atoms with Crippen LogP contribution in [0, 0.1) is 0 Å². The number of aromatic nitrogens is 4. The topological polar surface area (TPSA) is 83.6 Å². The largest absolute Gasteiger partial charge is 0.318 e. The zero-order valence-corrected chi connectivity index (χ0v) is 9.29. The molecule has 2 N–H and O–H groups in total. The standard InChI is InChI=1S/C12H9N5O/c18-12(16-8-5-14-15-6-8)11-7-13-9-3-1-2-4-10(9)17-11/h1-7H,(H,14,15)(H,16,18). The molecule has 3 aromatic rings. The second-order valence-electron chi connectivity index (χ2n) is 3.69. The summed E-state index contributed by atoms with van der Waals surface area (Å²) in [6.07, 6.45) is 4.57. The monoisotopic (exact) mass is 239 g/mol. The van der Waals surface area contributed by atoms with Gasteiger partial charge in [-0.15, -0.1) is 0 Å². The van der Waals surface area contributed by atoms with E-state index in [1.54, 1.807) is 6.20 Å². The first kappa shape index (κ1) is 10.4. The van der Waals surface area contributed by atoms with E-state index in [1.165, 1.54) is 12.4 Å². The second-order valence-corrected chi connectivity index (χ2v) is 3.69. The molecule has 2 aromatic heterocycles. The van der Waals surface area contributed by atoms with Gasteiger partial charge in [0, 0.05) is 6.20 Å². The third-order valence-electron chi connectivity index (χ3n) is 2.44. The van der Waals surface area contributed by atoms with Crippen molar-refractivity contribution >= 4 is 22.6 Å². The van der Waals surface area contributed by atoms with E-state index in [1.807, 2.05) is 24.3 Å². The Labute approximate surface area is 102 Å². The highest BCUT2D eigenvalue weighted by molar-refractivity contribution is 6.03. The lowest BCUT2D eigenvalue weighted by atomic mass is 10.3. The number of anilines is 1. The van der Waals surface area contributed by atoms with Gasteiger partial charge in [-0.05, 0) is 12.1 Å². The Morgan fingerprint density at radius 3 is 2.78 bits per heavy atom. The number of hydrogen-bond donors (Lipinski definition) is 2. The number of nitrogens with one attached hydrogen (secondary N) is 2. The van der Waals surface area contributed by atoms with Crippen molar-refractivity contribution in [3.8, 4) is 0 Å². The van der Waals surface area contributed by atoms with Gasteiger partial charge >= 0.3 is 0 Å². The molecular weight excluding hydrogens is 230 g/mol. The molecule has 0 atom stereocenters. The van der Waals surface area contributed by atoms with Gasteiger partial charge in [-0.1, -0.05) is 12.1 Å². The van der Waals surface area contributed by atoms with Gasteiger partial charge in [0.05, 0.1) is 29.1 Å². The van der Waals surface area contributed by atoms with Crippen LogP contribution in [0.2, 0.25) is 0 Å². The maximum absolute atomic E-state index is 11.9. The van der Waals surface area contributed by atoms with Crippen molar-refractivity contribution in [2.45, 2.75) is 0 Å². The number of rotatable bonds is 2. The summed E-state index contributed by atoms with van der Waals surface area (Å²) in [7, 11) is 0. The molecule has 0 spiro atoms. The highest BCUT2D eigenvalue weighted by Crippen LogP contribution is 2.10. The van der Waals surface area contributed by atoms with E-state index in [2.05, 4.69) is 25.5 Å². The summed E-state index contributed by atoms with van der Waals surface area (Å²) < 4.78 is 0. The smallest absolute Gasteiger partial charge is 0.275 e. The third-order valence-corrected chi connectivity index (χ3v) is 2.44. The first-order chi connectivity index (χ1) is 8.83. The Morgan fingerprint density at radius 2 is 2.00 bits per heavy atom. The molecule has 0 aliphatic rings. The number of aromatic amines is 1. The van der Waals surface area contributed by atoms with E-state index >= 15 is 0 Å². The number of fused-ring (bicyclic) bond motifs is 1. The number of carbonyl (C=O) groups excluding carboxylic acids is 1. The van der Waals surface area contributed by atoms with Crippen LogP contribution in [0.1, 0.15) is 10.5 Å². The van der Waals surface area contributed by atoms with Gasteiger partial charge in [-0.3, -0.25) is 14.9 Å². The van der Waals surface area contributed by atoms with Gasteiger partial charge in [0.25, 0.3) is 5.91 Å². The molecule has 18 heavy (non-hydrogen) atoms. The van der Waals surface area contributed by atoms with Crippen LogP contribution in [0.3, 0.4) is 0 Å². The number of para-hydroxylation sites is 2. The maximum atomic E-state index is 11.9. The molecule has 0 unspecified atom stereocenters. The average Bonchev–Trinajstić information content (AvgIpc) is 2.91. The van der Waals surface area contributed by atoms with Crippen molar-refractivity contribution in [1.29, 1.82) is 0 Å². The summed E-state index contributed by atoms with van der Waals surface area (Å²) >= 11 is 0. The predicted molar refractivity (Wildman–Crippen MR) is 66.1 cm³/mol. The average molecular weight is 239 g/mol. The number of hydrogen-bond acceptors (Lipinski definition) is 4. The Hall–Kier alpha value is -2.76. The van der Waals surface area contributed by atoms with Gasteiger partial charge in [-0.2, -0.15) is 5.10 Å². The molecule has 0 saturated carbocycles. The fourth-order valence-corrected chi connectivity index (χ4v) is 1.58. The Balaban J connectivity index is 1.92. The normalized spacial score (nSPS) is 10.4. The molecule has 6 nitrogen and oxygen atoms in total. The van der Waals surface area contributed by atoms with Gasteiger partial charge < -0.3 is 5.32 Å². The van der Waals surface area contributed by atoms with E-state index < -0.39 is 0 Å². The van der Waals surface area contributed by atoms with Crippen molar-refractivity contribution in [2.75, 3.05) is 5.32 Å². The second kappa shape index (κ2) is 4.25. The van der Waals surface area contributed by atoms with Crippen molar-refractivity contribution in [2.24, 2.45) is 0 Å². The lowest BCUT2D eigenvalue weighted by Gasteiger charge is -2.02. The minimum atomic E-state index is -0.311. The third kappa shape index (κ3) is 1.91. The van der Waals surface area contributed by atoms with E-state index in [0.717, 1.165) is 5.52 Å². The highest BCUT2D eigenvalue weighted by atomic mass is 16.1. The first-order valence-corrected chi connectivity index (χ1v) is 5.35. The Bertz CT molecular complexity index is 693. The molecule has 6 heteroatoms. The number of nitrogens with zero attached hydrogens (tertiary/aromatic N) is 3. The molecule has 0 bridgehead atoms. The number of carbonyl (C=O) groups is 1.